The van der Waals surface area contributed by atoms with Gasteiger partial charge in [0.1, 0.15) is 17.2 Å². The SMILES string of the molecule is CCCC=CCCC(C)C1CCC(CCc2cc(F)c(C(F)(F)F)c(F)c2)CC1. The molecule has 1 fully saturated rings. The van der Waals surface area contributed by atoms with Gasteiger partial charge in [-0.25, -0.2) is 8.78 Å². The van der Waals surface area contributed by atoms with E-state index in [1.807, 2.05) is 0 Å². The van der Waals surface area contributed by atoms with E-state index in [9.17, 15) is 22.0 Å². The molecule has 0 nitrogen and oxygen atoms in total. The van der Waals surface area contributed by atoms with E-state index in [2.05, 4.69) is 26.0 Å². The second-order valence-electron chi connectivity index (χ2n) is 8.57. The molecule has 0 amide bonds. The predicted molar refractivity (Wildman–Crippen MR) is 108 cm³/mol. The lowest BCUT2D eigenvalue weighted by atomic mass is 9.74. The molecule has 1 aliphatic rings. The van der Waals surface area contributed by atoms with E-state index in [-0.39, 0.29) is 0 Å². The largest absolute Gasteiger partial charge is 0.422 e. The van der Waals surface area contributed by atoms with E-state index >= 15 is 0 Å². The molecule has 0 bridgehead atoms. The normalized spacial score (nSPS) is 21.6. The maximum Gasteiger partial charge on any atom is 0.422 e. The van der Waals surface area contributed by atoms with E-state index < -0.39 is 23.4 Å². The first-order chi connectivity index (χ1) is 13.7. The Labute approximate surface area is 171 Å². The zero-order valence-electron chi connectivity index (χ0n) is 17.5. The van der Waals surface area contributed by atoms with Crippen LogP contribution in [-0.2, 0) is 12.6 Å². The molecule has 164 valence electrons. The first-order valence-electron chi connectivity index (χ1n) is 10.9. The quantitative estimate of drug-likeness (QED) is 0.280. The Balaban J connectivity index is 1.77. The molecule has 0 radical (unpaired) electrons. The molecule has 29 heavy (non-hydrogen) atoms. The third kappa shape index (κ3) is 7.42. The highest BCUT2D eigenvalue weighted by Gasteiger charge is 2.37. The second kappa shape index (κ2) is 11.1. The van der Waals surface area contributed by atoms with Gasteiger partial charge in [-0.3, -0.25) is 0 Å². The summed E-state index contributed by atoms with van der Waals surface area (Å²) in [5.74, 6) is -1.13. The summed E-state index contributed by atoms with van der Waals surface area (Å²) < 4.78 is 65.4. The van der Waals surface area contributed by atoms with Crippen molar-refractivity contribution >= 4 is 0 Å². The Bertz CT molecular complexity index is 631. The van der Waals surface area contributed by atoms with E-state index in [1.54, 1.807) is 0 Å². The lowest BCUT2D eigenvalue weighted by molar-refractivity contribution is -0.142. The molecule has 1 unspecified atom stereocenters. The summed E-state index contributed by atoms with van der Waals surface area (Å²) in [6.07, 6.45) is 9.90. The minimum absolute atomic E-state index is 0.308. The molecular weight excluding hydrogens is 383 g/mol. The lowest BCUT2D eigenvalue weighted by Gasteiger charge is -2.32. The fourth-order valence-corrected chi connectivity index (χ4v) is 4.45. The van der Waals surface area contributed by atoms with Gasteiger partial charge in [-0.1, -0.05) is 45.3 Å². The Morgan fingerprint density at radius 2 is 1.59 bits per heavy atom. The van der Waals surface area contributed by atoms with Crippen molar-refractivity contribution in [3.63, 3.8) is 0 Å². The molecule has 0 saturated heterocycles. The zero-order chi connectivity index (χ0) is 21.4. The van der Waals surface area contributed by atoms with Crippen molar-refractivity contribution in [2.75, 3.05) is 0 Å². The summed E-state index contributed by atoms with van der Waals surface area (Å²) in [6, 6.07) is 1.68. The third-order valence-electron chi connectivity index (χ3n) is 6.33. The van der Waals surface area contributed by atoms with Crippen LogP contribution in [0.1, 0.15) is 82.8 Å². The Morgan fingerprint density at radius 1 is 1.00 bits per heavy atom. The fourth-order valence-electron chi connectivity index (χ4n) is 4.45. The molecule has 0 aromatic heterocycles. The highest BCUT2D eigenvalue weighted by atomic mass is 19.4. The maximum absolute atomic E-state index is 13.7. The molecule has 1 aliphatic carbocycles. The van der Waals surface area contributed by atoms with Crippen molar-refractivity contribution in [3.05, 3.63) is 47.0 Å². The number of benzene rings is 1. The number of alkyl halides is 3. The number of halogens is 5. The van der Waals surface area contributed by atoms with Gasteiger partial charge in [-0.05, 0) is 80.4 Å². The Kier molecular flexibility index (Phi) is 9.16. The highest BCUT2D eigenvalue weighted by molar-refractivity contribution is 5.28. The summed E-state index contributed by atoms with van der Waals surface area (Å²) in [5, 5.41) is 0. The maximum atomic E-state index is 13.7. The van der Waals surface area contributed by atoms with Crippen molar-refractivity contribution in [2.45, 2.75) is 84.2 Å². The summed E-state index contributed by atoms with van der Waals surface area (Å²) in [7, 11) is 0. The molecule has 1 aromatic carbocycles. The smallest absolute Gasteiger partial charge is 0.206 e. The first kappa shape index (κ1) is 23.9. The van der Waals surface area contributed by atoms with Gasteiger partial charge in [0.15, 0.2) is 0 Å². The van der Waals surface area contributed by atoms with E-state index in [0.717, 1.165) is 50.2 Å². The molecular formula is C24H33F5. The van der Waals surface area contributed by atoms with E-state index in [4.69, 9.17) is 0 Å². The molecule has 2 rings (SSSR count). The number of unbranched alkanes of at least 4 members (excludes halogenated alkanes) is 1. The first-order valence-corrected chi connectivity index (χ1v) is 10.9. The van der Waals surface area contributed by atoms with Gasteiger partial charge in [0.25, 0.3) is 0 Å². The molecule has 0 N–H and O–H groups in total. The van der Waals surface area contributed by atoms with Crippen LogP contribution in [0.2, 0.25) is 0 Å². The molecule has 0 heterocycles. The van der Waals surface area contributed by atoms with Crippen molar-refractivity contribution in [2.24, 2.45) is 17.8 Å². The Morgan fingerprint density at radius 3 is 2.14 bits per heavy atom. The van der Waals surface area contributed by atoms with Crippen LogP contribution in [0.5, 0.6) is 0 Å². The third-order valence-corrected chi connectivity index (χ3v) is 6.33. The van der Waals surface area contributed by atoms with Crippen molar-refractivity contribution in [1.82, 2.24) is 0 Å². The van der Waals surface area contributed by atoms with Crippen LogP contribution in [0.25, 0.3) is 0 Å². The molecule has 0 spiro atoms. The number of aryl methyl sites for hydroxylation is 1. The summed E-state index contributed by atoms with van der Waals surface area (Å²) in [5.41, 5.74) is -1.48. The minimum Gasteiger partial charge on any atom is -0.206 e. The monoisotopic (exact) mass is 416 g/mol. The standard InChI is InChI=1S/C24H33F5/c1-3-4-5-6-7-8-17(2)20-13-11-18(12-14-20)9-10-19-15-21(25)23(22(26)16-19)24(27,28)29/h5-6,15-18,20H,3-4,7-14H2,1-2H3. The van der Waals surface area contributed by atoms with Gasteiger partial charge in [0.05, 0.1) is 0 Å². The van der Waals surface area contributed by atoms with E-state index in [1.165, 1.54) is 25.7 Å². The number of hydrogen-bond acceptors (Lipinski definition) is 0. The highest BCUT2D eigenvalue weighted by Crippen LogP contribution is 2.38. The van der Waals surface area contributed by atoms with Crippen LogP contribution in [0.15, 0.2) is 24.3 Å². The average molecular weight is 417 g/mol. The molecule has 1 saturated carbocycles. The summed E-state index contributed by atoms with van der Waals surface area (Å²) >= 11 is 0. The molecule has 1 aromatic rings. The topological polar surface area (TPSA) is 0 Å². The molecule has 5 heteroatoms. The van der Waals surface area contributed by atoms with Crippen molar-refractivity contribution in [1.29, 1.82) is 0 Å². The molecule has 0 aliphatic heterocycles. The fraction of sp³-hybridized carbons (Fsp3) is 0.667. The Hall–Kier alpha value is -1.39. The number of allylic oxidation sites excluding steroid dienone is 2. The van der Waals surface area contributed by atoms with Crippen LogP contribution in [-0.4, -0.2) is 0 Å². The van der Waals surface area contributed by atoms with Gasteiger partial charge < -0.3 is 0 Å². The molecule has 1 atom stereocenters. The van der Waals surface area contributed by atoms with Crippen LogP contribution in [0.4, 0.5) is 22.0 Å². The van der Waals surface area contributed by atoms with Gasteiger partial charge in [-0.15, -0.1) is 0 Å². The summed E-state index contributed by atoms with van der Waals surface area (Å²) in [6.45, 7) is 4.50. The van der Waals surface area contributed by atoms with Gasteiger partial charge in [0, 0.05) is 0 Å². The van der Waals surface area contributed by atoms with Crippen molar-refractivity contribution in [3.8, 4) is 0 Å². The summed E-state index contributed by atoms with van der Waals surface area (Å²) in [4.78, 5) is 0. The van der Waals surface area contributed by atoms with Gasteiger partial charge in [0.2, 0.25) is 0 Å². The average Bonchev–Trinajstić information content (AvgIpc) is 2.65. The second-order valence-corrected chi connectivity index (χ2v) is 8.57. The van der Waals surface area contributed by atoms with Crippen LogP contribution < -0.4 is 0 Å². The number of hydrogen-bond donors (Lipinski definition) is 0. The number of rotatable bonds is 9. The van der Waals surface area contributed by atoms with Crippen LogP contribution >= 0.6 is 0 Å². The van der Waals surface area contributed by atoms with E-state index in [0.29, 0.717) is 23.8 Å². The minimum atomic E-state index is -5.01. The lowest BCUT2D eigenvalue weighted by Crippen LogP contribution is -2.20. The van der Waals surface area contributed by atoms with Gasteiger partial charge >= 0.3 is 6.18 Å². The van der Waals surface area contributed by atoms with Gasteiger partial charge in [-0.2, -0.15) is 13.2 Å². The predicted octanol–water partition coefficient (Wildman–Crippen LogP) is 8.50. The zero-order valence-corrected chi connectivity index (χ0v) is 17.5. The van der Waals surface area contributed by atoms with Crippen LogP contribution in [0, 0.1) is 29.4 Å². The van der Waals surface area contributed by atoms with Crippen molar-refractivity contribution < 1.29 is 22.0 Å². The van der Waals surface area contributed by atoms with Crippen LogP contribution in [0.3, 0.4) is 0 Å².